The maximum absolute atomic E-state index is 12.0. The van der Waals surface area contributed by atoms with Crippen molar-refractivity contribution in [2.75, 3.05) is 13.7 Å². The molecule has 0 aliphatic carbocycles. The van der Waals surface area contributed by atoms with Crippen molar-refractivity contribution in [2.24, 2.45) is 0 Å². The number of ether oxygens (including phenoxy) is 1. The summed E-state index contributed by atoms with van der Waals surface area (Å²) in [5, 5.41) is 12.1. The molecule has 0 radical (unpaired) electrons. The van der Waals surface area contributed by atoms with Gasteiger partial charge in [0, 0.05) is 13.0 Å². The molecule has 0 aliphatic rings. The van der Waals surface area contributed by atoms with Gasteiger partial charge in [-0.3, -0.25) is 0 Å². The molecule has 22 heavy (non-hydrogen) atoms. The number of sulfonamides is 1. The third-order valence-electron chi connectivity index (χ3n) is 3.15. The van der Waals surface area contributed by atoms with Crippen LogP contribution in [0.5, 0.6) is 5.75 Å². The third-order valence-corrected chi connectivity index (χ3v) is 5.95. The van der Waals surface area contributed by atoms with E-state index in [4.69, 9.17) is 4.74 Å². The first-order valence-electron chi connectivity index (χ1n) is 6.71. The first kappa shape index (κ1) is 17.0. The second-order valence-electron chi connectivity index (χ2n) is 5.28. The molecule has 0 bridgehead atoms. The first-order valence-corrected chi connectivity index (χ1v) is 9.07. The van der Waals surface area contributed by atoms with Crippen LogP contribution in [0.25, 0.3) is 0 Å². The number of nitrogens with one attached hydrogen (secondary N) is 1. The third kappa shape index (κ3) is 4.54. The lowest BCUT2D eigenvalue weighted by molar-refractivity contribution is 0.0657. The summed E-state index contributed by atoms with van der Waals surface area (Å²) in [4.78, 5) is 0. The molecule has 1 aromatic carbocycles. The molecule has 2 N–H and O–H groups in total. The maximum atomic E-state index is 12.0. The molecule has 1 heterocycles. The second kappa shape index (κ2) is 6.78. The molecule has 5 nitrogen and oxygen atoms in total. The van der Waals surface area contributed by atoms with Crippen LogP contribution < -0.4 is 9.46 Å². The first-order chi connectivity index (χ1) is 10.3. The Kier molecular flexibility index (Phi) is 5.23. The number of hydrogen-bond acceptors (Lipinski definition) is 5. The summed E-state index contributed by atoms with van der Waals surface area (Å²) in [6.45, 7) is 1.55. The van der Waals surface area contributed by atoms with Crippen molar-refractivity contribution in [3.05, 3.63) is 47.3 Å². The molecular weight excluding hydrogens is 322 g/mol. The Morgan fingerprint density at radius 2 is 1.95 bits per heavy atom. The van der Waals surface area contributed by atoms with E-state index in [0.29, 0.717) is 6.42 Å². The fourth-order valence-electron chi connectivity index (χ4n) is 1.98. The Bertz CT molecular complexity index is 692. The summed E-state index contributed by atoms with van der Waals surface area (Å²) >= 11 is 1.14. The van der Waals surface area contributed by atoms with E-state index in [2.05, 4.69) is 4.72 Å². The largest absolute Gasteiger partial charge is 0.497 e. The highest BCUT2D eigenvalue weighted by Gasteiger charge is 2.25. The molecule has 0 fully saturated rings. The van der Waals surface area contributed by atoms with Gasteiger partial charge in [-0.1, -0.05) is 18.2 Å². The van der Waals surface area contributed by atoms with Crippen LogP contribution in [0.4, 0.5) is 0 Å². The number of aliphatic hydroxyl groups is 1. The standard InChI is InChI=1S/C15H19NO4S2/c1-15(17,10-12-5-7-13(20-2)8-6-12)11-16-22(18,19)14-4-3-9-21-14/h3-9,16-17H,10-11H2,1-2H3/t15-/m1/s1. The number of thiophene rings is 1. The average molecular weight is 341 g/mol. The molecule has 2 rings (SSSR count). The molecule has 1 atom stereocenters. The smallest absolute Gasteiger partial charge is 0.250 e. The summed E-state index contributed by atoms with van der Waals surface area (Å²) in [6, 6.07) is 10.5. The molecule has 0 amide bonds. The van der Waals surface area contributed by atoms with Gasteiger partial charge in [0.25, 0.3) is 0 Å². The fourth-order valence-corrected chi connectivity index (χ4v) is 4.18. The summed E-state index contributed by atoms with van der Waals surface area (Å²) in [5.74, 6) is 0.738. The van der Waals surface area contributed by atoms with E-state index in [0.717, 1.165) is 22.6 Å². The van der Waals surface area contributed by atoms with Crippen LogP contribution in [-0.2, 0) is 16.4 Å². The molecule has 2 aromatic rings. The van der Waals surface area contributed by atoms with Gasteiger partial charge in [0.2, 0.25) is 10.0 Å². The van der Waals surface area contributed by atoms with Crippen molar-refractivity contribution in [1.82, 2.24) is 4.72 Å². The summed E-state index contributed by atoms with van der Waals surface area (Å²) in [5.41, 5.74) is -0.278. The van der Waals surface area contributed by atoms with Crippen molar-refractivity contribution in [3.63, 3.8) is 0 Å². The minimum atomic E-state index is -3.56. The lowest BCUT2D eigenvalue weighted by Crippen LogP contribution is -2.42. The molecule has 1 aromatic heterocycles. The van der Waals surface area contributed by atoms with E-state index < -0.39 is 15.6 Å². The Labute approximate surface area is 134 Å². The minimum Gasteiger partial charge on any atom is -0.497 e. The van der Waals surface area contributed by atoms with E-state index in [1.165, 1.54) is 6.07 Å². The lowest BCUT2D eigenvalue weighted by Gasteiger charge is -2.23. The Morgan fingerprint density at radius 1 is 1.27 bits per heavy atom. The Morgan fingerprint density at radius 3 is 2.50 bits per heavy atom. The maximum Gasteiger partial charge on any atom is 0.250 e. The highest BCUT2D eigenvalue weighted by atomic mass is 32.2. The van der Waals surface area contributed by atoms with Crippen LogP contribution >= 0.6 is 11.3 Å². The SMILES string of the molecule is COc1ccc(C[C@@](C)(O)CNS(=O)(=O)c2cccs2)cc1. The van der Waals surface area contributed by atoms with E-state index in [1.54, 1.807) is 37.6 Å². The van der Waals surface area contributed by atoms with Crippen LogP contribution in [0.3, 0.4) is 0 Å². The van der Waals surface area contributed by atoms with Gasteiger partial charge in [0.1, 0.15) is 9.96 Å². The van der Waals surface area contributed by atoms with Crippen molar-refractivity contribution >= 4 is 21.4 Å². The molecule has 0 unspecified atom stereocenters. The second-order valence-corrected chi connectivity index (χ2v) is 8.22. The molecule has 7 heteroatoms. The van der Waals surface area contributed by atoms with Gasteiger partial charge in [-0.25, -0.2) is 13.1 Å². The topological polar surface area (TPSA) is 75.6 Å². The summed E-state index contributed by atoms with van der Waals surface area (Å²) in [7, 11) is -1.98. The number of benzene rings is 1. The number of rotatable bonds is 7. The van der Waals surface area contributed by atoms with Crippen molar-refractivity contribution in [2.45, 2.75) is 23.2 Å². The quantitative estimate of drug-likeness (QED) is 0.808. The molecule has 0 saturated heterocycles. The predicted molar refractivity (Wildman–Crippen MR) is 86.8 cm³/mol. The summed E-state index contributed by atoms with van der Waals surface area (Å²) in [6.07, 6.45) is 0.337. The van der Waals surface area contributed by atoms with Crippen molar-refractivity contribution < 1.29 is 18.3 Å². The average Bonchev–Trinajstić information content (AvgIpc) is 3.01. The van der Waals surface area contributed by atoms with Gasteiger partial charge in [0.15, 0.2) is 0 Å². The van der Waals surface area contributed by atoms with Crippen LogP contribution in [0.2, 0.25) is 0 Å². The highest BCUT2D eigenvalue weighted by molar-refractivity contribution is 7.91. The zero-order valence-electron chi connectivity index (χ0n) is 12.4. The molecule has 0 saturated carbocycles. The van der Waals surface area contributed by atoms with E-state index in [9.17, 15) is 13.5 Å². The van der Waals surface area contributed by atoms with Crippen LogP contribution in [-0.4, -0.2) is 32.8 Å². The van der Waals surface area contributed by atoms with Gasteiger partial charge < -0.3 is 9.84 Å². The monoisotopic (exact) mass is 341 g/mol. The number of methoxy groups -OCH3 is 1. The molecule has 0 spiro atoms. The van der Waals surface area contributed by atoms with Crippen molar-refractivity contribution in [3.8, 4) is 5.75 Å². The van der Waals surface area contributed by atoms with Gasteiger partial charge in [-0.15, -0.1) is 11.3 Å². The minimum absolute atomic E-state index is 0.0563. The predicted octanol–water partition coefficient (Wildman–Crippen LogP) is 2.03. The van der Waals surface area contributed by atoms with Crippen molar-refractivity contribution in [1.29, 1.82) is 0 Å². The van der Waals surface area contributed by atoms with Gasteiger partial charge in [0.05, 0.1) is 12.7 Å². The van der Waals surface area contributed by atoms with Gasteiger partial charge >= 0.3 is 0 Å². The summed E-state index contributed by atoms with van der Waals surface area (Å²) < 4.78 is 31.9. The Hall–Kier alpha value is -1.41. The van der Waals surface area contributed by atoms with E-state index in [1.807, 2.05) is 12.1 Å². The van der Waals surface area contributed by atoms with Crippen LogP contribution in [0.15, 0.2) is 46.0 Å². The van der Waals surface area contributed by atoms with Gasteiger partial charge in [-0.2, -0.15) is 0 Å². The highest BCUT2D eigenvalue weighted by Crippen LogP contribution is 2.19. The zero-order valence-corrected chi connectivity index (χ0v) is 14.1. The van der Waals surface area contributed by atoms with E-state index in [-0.39, 0.29) is 10.8 Å². The van der Waals surface area contributed by atoms with E-state index >= 15 is 0 Å². The number of hydrogen-bond donors (Lipinski definition) is 2. The molecular formula is C15H19NO4S2. The molecule has 0 aliphatic heterocycles. The lowest BCUT2D eigenvalue weighted by atomic mass is 9.97. The molecule has 120 valence electrons. The van der Waals surface area contributed by atoms with Crippen LogP contribution in [0.1, 0.15) is 12.5 Å². The fraction of sp³-hybridized carbons (Fsp3) is 0.333. The van der Waals surface area contributed by atoms with Crippen LogP contribution in [0, 0.1) is 0 Å². The van der Waals surface area contributed by atoms with Gasteiger partial charge in [-0.05, 0) is 36.1 Å². The normalized spacial score (nSPS) is 14.5. The zero-order chi connectivity index (χ0) is 16.2. The Balaban J connectivity index is 1.98.